The van der Waals surface area contributed by atoms with Gasteiger partial charge >= 0.3 is 5.97 Å². The van der Waals surface area contributed by atoms with Crippen LogP contribution in [0.15, 0.2) is 24.3 Å². The Bertz CT molecular complexity index is 395. The Hall–Kier alpha value is -1.46. The van der Waals surface area contributed by atoms with Crippen molar-refractivity contribution in [2.24, 2.45) is 0 Å². The van der Waals surface area contributed by atoms with E-state index in [9.17, 15) is 9.18 Å². The van der Waals surface area contributed by atoms with E-state index < -0.39 is 0 Å². The van der Waals surface area contributed by atoms with Crippen molar-refractivity contribution in [2.75, 3.05) is 26.4 Å². The number of nitrogens with one attached hydrogen (secondary N) is 1. The van der Waals surface area contributed by atoms with Gasteiger partial charge in [0.25, 0.3) is 0 Å². The first-order chi connectivity index (χ1) is 9.61. The highest BCUT2D eigenvalue weighted by Crippen LogP contribution is 2.05. The van der Waals surface area contributed by atoms with Gasteiger partial charge in [-0.3, -0.25) is 0 Å². The van der Waals surface area contributed by atoms with Crippen LogP contribution in [0.4, 0.5) is 4.39 Å². The molecule has 4 nitrogen and oxygen atoms in total. The Morgan fingerprint density at radius 2 is 2.05 bits per heavy atom. The molecule has 20 heavy (non-hydrogen) atoms. The predicted molar refractivity (Wildman–Crippen MR) is 75.0 cm³/mol. The molecule has 0 heterocycles. The average Bonchev–Trinajstić information content (AvgIpc) is 2.41. The summed E-state index contributed by atoms with van der Waals surface area (Å²) in [6, 6.07) is 6.75. The number of esters is 1. The second-order valence-electron chi connectivity index (χ2n) is 4.54. The molecule has 0 saturated heterocycles. The van der Waals surface area contributed by atoms with E-state index in [2.05, 4.69) is 12.2 Å². The summed E-state index contributed by atoms with van der Waals surface area (Å²) in [7, 11) is 0. The van der Waals surface area contributed by atoms with Gasteiger partial charge in [0.15, 0.2) is 0 Å². The van der Waals surface area contributed by atoms with Crippen LogP contribution in [0.5, 0.6) is 0 Å². The maximum atomic E-state index is 12.8. The van der Waals surface area contributed by atoms with Crippen molar-refractivity contribution < 1.29 is 18.7 Å². The fourth-order valence-electron chi connectivity index (χ4n) is 1.78. The second kappa shape index (κ2) is 9.44. The Labute approximate surface area is 119 Å². The Kier molecular flexibility index (Phi) is 7.84. The van der Waals surface area contributed by atoms with Gasteiger partial charge in [-0.2, -0.15) is 0 Å². The van der Waals surface area contributed by atoms with Crippen LogP contribution in [-0.2, 0) is 20.7 Å². The fraction of sp³-hybridized carbons (Fsp3) is 0.533. The van der Waals surface area contributed by atoms with Gasteiger partial charge < -0.3 is 14.8 Å². The molecule has 1 N–H and O–H groups in total. The number of carbonyl (C=O) groups excluding carboxylic acids is 1. The number of benzene rings is 1. The van der Waals surface area contributed by atoms with E-state index in [1.54, 1.807) is 19.1 Å². The smallest absolute Gasteiger partial charge is 0.332 e. The Morgan fingerprint density at radius 1 is 1.35 bits per heavy atom. The SMILES string of the molecule is CCOC(=O)COCCNC(C)Cc1ccc(F)cc1. The lowest BCUT2D eigenvalue weighted by molar-refractivity contribution is -0.148. The van der Waals surface area contributed by atoms with Gasteiger partial charge in [0, 0.05) is 12.6 Å². The van der Waals surface area contributed by atoms with Crippen molar-refractivity contribution in [3.8, 4) is 0 Å². The van der Waals surface area contributed by atoms with Crippen LogP contribution in [0.1, 0.15) is 19.4 Å². The molecule has 1 aromatic carbocycles. The molecule has 0 aromatic heterocycles. The van der Waals surface area contributed by atoms with E-state index in [1.165, 1.54) is 12.1 Å². The number of carbonyl (C=O) groups is 1. The van der Waals surface area contributed by atoms with E-state index in [-0.39, 0.29) is 24.4 Å². The molecule has 0 amide bonds. The summed E-state index contributed by atoms with van der Waals surface area (Å²) in [4.78, 5) is 11.0. The highest BCUT2D eigenvalue weighted by molar-refractivity contribution is 5.70. The van der Waals surface area contributed by atoms with Crippen molar-refractivity contribution in [1.82, 2.24) is 5.32 Å². The molecule has 112 valence electrons. The molecule has 0 aliphatic heterocycles. The first-order valence-electron chi connectivity index (χ1n) is 6.83. The van der Waals surface area contributed by atoms with Crippen molar-refractivity contribution >= 4 is 5.97 Å². The molecule has 0 aliphatic carbocycles. The largest absolute Gasteiger partial charge is 0.464 e. The molecule has 0 radical (unpaired) electrons. The normalized spacial score (nSPS) is 12.2. The van der Waals surface area contributed by atoms with E-state index in [0.29, 0.717) is 19.8 Å². The summed E-state index contributed by atoms with van der Waals surface area (Å²) >= 11 is 0. The van der Waals surface area contributed by atoms with Gasteiger partial charge in [-0.05, 0) is 38.0 Å². The van der Waals surface area contributed by atoms with Crippen LogP contribution in [0.25, 0.3) is 0 Å². The number of halogens is 1. The molecule has 5 heteroatoms. The van der Waals surface area contributed by atoms with Crippen molar-refractivity contribution in [1.29, 1.82) is 0 Å². The molecule has 1 rings (SSSR count). The summed E-state index contributed by atoms with van der Waals surface area (Å²) in [5.41, 5.74) is 1.08. The van der Waals surface area contributed by atoms with Crippen LogP contribution in [-0.4, -0.2) is 38.4 Å². The van der Waals surface area contributed by atoms with E-state index in [1.807, 2.05) is 0 Å². The zero-order valence-corrected chi connectivity index (χ0v) is 12.0. The molecule has 1 atom stereocenters. The van der Waals surface area contributed by atoms with Gasteiger partial charge in [-0.25, -0.2) is 9.18 Å². The lowest BCUT2D eigenvalue weighted by Gasteiger charge is -2.14. The number of hydrogen-bond acceptors (Lipinski definition) is 4. The lowest BCUT2D eigenvalue weighted by atomic mass is 10.1. The van der Waals surface area contributed by atoms with Crippen molar-refractivity contribution in [2.45, 2.75) is 26.3 Å². The summed E-state index contributed by atoms with van der Waals surface area (Å²) in [6.45, 7) is 5.27. The van der Waals surface area contributed by atoms with Crippen LogP contribution < -0.4 is 5.32 Å². The minimum absolute atomic E-state index is 0.0120. The summed E-state index contributed by atoms with van der Waals surface area (Å²) in [5, 5.41) is 3.28. The molecule has 1 aromatic rings. The van der Waals surface area contributed by atoms with Crippen molar-refractivity contribution in [3.05, 3.63) is 35.6 Å². The van der Waals surface area contributed by atoms with Crippen molar-refractivity contribution in [3.63, 3.8) is 0 Å². The third-order valence-corrected chi connectivity index (χ3v) is 2.72. The maximum Gasteiger partial charge on any atom is 0.332 e. The molecular formula is C15H22FNO3. The average molecular weight is 283 g/mol. The minimum Gasteiger partial charge on any atom is -0.464 e. The van der Waals surface area contributed by atoms with Gasteiger partial charge in [0.05, 0.1) is 13.2 Å². The Balaban J connectivity index is 2.09. The maximum absolute atomic E-state index is 12.8. The summed E-state index contributed by atoms with van der Waals surface area (Å²) in [6.07, 6.45) is 0.818. The number of hydrogen-bond donors (Lipinski definition) is 1. The topological polar surface area (TPSA) is 47.6 Å². The van der Waals surface area contributed by atoms with Gasteiger partial charge in [0.1, 0.15) is 12.4 Å². The highest BCUT2D eigenvalue weighted by atomic mass is 19.1. The zero-order chi connectivity index (χ0) is 14.8. The number of rotatable bonds is 9. The standard InChI is InChI=1S/C15H22FNO3/c1-3-20-15(18)11-19-9-8-17-12(2)10-13-4-6-14(16)7-5-13/h4-7,12,17H,3,8-11H2,1-2H3. The molecular weight excluding hydrogens is 261 g/mol. The summed E-state index contributed by atoms with van der Waals surface area (Å²) in [5.74, 6) is -0.561. The molecule has 0 aliphatic rings. The van der Waals surface area contributed by atoms with E-state index >= 15 is 0 Å². The molecule has 0 spiro atoms. The molecule has 0 saturated carbocycles. The predicted octanol–water partition coefficient (Wildman–Crippen LogP) is 1.93. The van der Waals surface area contributed by atoms with E-state index in [0.717, 1.165) is 12.0 Å². The number of ether oxygens (including phenoxy) is 2. The van der Waals surface area contributed by atoms with Crippen LogP contribution in [0, 0.1) is 5.82 Å². The first kappa shape index (κ1) is 16.6. The van der Waals surface area contributed by atoms with Crippen LogP contribution in [0.2, 0.25) is 0 Å². The quantitative estimate of drug-likeness (QED) is 0.555. The fourth-order valence-corrected chi connectivity index (χ4v) is 1.78. The third-order valence-electron chi connectivity index (χ3n) is 2.72. The second-order valence-corrected chi connectivity index (χ2v) is 4.54. The monoisotopic (exact) mass is 283 g/mol. The Morgan fingerprint density at radius 3 is 2.70 bits per heavy atom. The zero-order valence-electron chi connectivity index (χ0n) is 12.0. The van der Waals surface area contributed by atoms with Gasteiger partial charge in [0.2, 0.25) is 0 Å². The highest BCUT2D eigenvalue weighted by Gasteiger charge is 2.04. The lowest BCUT2D eigenvalue weighted by Crippen LogP contribution is -2.31. The molecule has 1 unspecified atom stereocenters. The van der Waals surface area contributed by atoms with Crippen LogP contribution in [0.3, 0.4) is 0 Å². The van der Waals surface area contributed by atoms with Crippen LogP contribution >= 0.6 is 0 Å². The van der Waals surface area contributed by atoms with E-state index in [4.69, 9.17) is 9.47 Å². The van der Waals surface area contributed by atoms with Gasteiger partial charge in [-0.15, -0.1) is 0 Å². The molecule has 0 fully saturated rings. The third kappa shape index (κ3) is 7.21. The first-order valence-corrected chi connectivity index (χ1v) is 6.83. The van der Waals surface area contributed by atoms with Gasteiger partial charge in [-0.1, -0.05) is 12.1 Å². The minimum atomic E-state index is -0.341. The summed E-state index contributed by atoms with van der Waals surface area (Å²) < 4.78 is 22.7. The molecule has 0 bridgehead atoms.